The van der Waals surface area contributed by atoms with Gasteiger partial charge >= 0.3 is 0 Å². The SMILES string of the molecule is C[C@@H]1CN(S(=O)(=O)c2cccc(C(=O)Nc3ccc(F)c(F)c3)c2)C[C@@H](C)O1. The molecule has 1 N–H and O–H groups in total. The molecule has 0 spiro atoms. The number of ether oxygens (including phenoxy) is 1. The standard InChI is InChI=1S/C19H20F2N2O4S/c1-12-10-23(11-13(2)27-12)28(25,26)16-5-3-4-14(8-16)19(24)22-15-6-7-17(20)18(21)9-15/h3-9,12-13H,10-11H2,1-2H3,(H,22,24)/t12-,13-/m1/s1. The van der Waals surface area contributed by atoms with Gasteiger partial charge in [-0.15, -0.1) is 0 Å². The van der Waals surface area contributed by atoms with Crippen LogP contribution in [0.2, 0.25) is 0 Å². The largest absolute Gasteiger partial charge is 0.373 e. The molecule has 1 saturated heterocycles. The van der Waals surface area contributed by atoms with Crippen LogP contribution in [0, 0.1) is 11.6 Å². The Morgan fingerprint density at radius 3 is 2.39 bits per heavy atom. The summed E-state index contributed by atoms with van der Waals surface area (Å²) in [5.41, 5.74) is 0.146. The van der Waals surface area contributed by atoms with Crippen molar-refractivity contribution in [2.45, 2.75) is 31.0 Å². The summed E-state index contributed by atoms with van der Waals surface area (Å²) in [6.07, 6.45) is -0.475. The molecule has 1 aliphatic heterocycles. The lowest BCUT2D eigenvalue weighted by molar-refractivity contribution is -0.0440. The molecule has 0 saturated carbocycles. The van der Waals surface area contributed by atoms with Crippen LogP contribution in [0.3, 0.4) is 0 Å². The van der Waals surface area contributed by atoms with Crippen LogP contribution in [-0.4, -0.2) is 43.9 Å². The number of nitrogens with one attached hydrogen (secondary N) is 1. The van der Waals surface area contributed by atoms with Crippen LogP contribution in [0.4, 0.5) is 14.5 Å². The van der Waals surface area contributed by atoms with Crippen LogP contribution in [0.5, 0.6) is 0 Å². The van der Waals surface area contributed by atoms with Gasteiger partial charge in [-0.2, -0.15) is 4.31 Å². The van der Waals surface area contributed by atoms with Crippen LogP contribution < -0.4 is 5.32 Å². The topological polar surface area (TPSA) is 75.7 Å². The van der Waals surface area contributed by atoms with E-state index in [0.29, 0.717) is 0 Å². The van der Waals surface area contributed by atoms with E-state index in [1.54, 1.807) is 13.8 Å². The van der Waals surface area contributed by atoms with Crippen molar-refractivity contribution in [3.05, 3.63) is 59.7 Å². The predicted octanol–water partition coefficient (Wildman–Crippen LogP) is 3.02. The molecule has 0 radical (unpaired) electrons. The van der Waals surface area contributed by atoms with Crippen molar-refractivity contribution in [3.8, 4) is 0 Å². The summed E-state index contributed by atoms with van der Waals surface area (Å²) in [5.74, 6) is -2.75. The molecule has 1 aliphatic rings. The van der Waals surface area contributed by atoms with Crippen molar-refractivity contribution in [3.63, 3.8) is 0 Å². The minimum atomic E-state index is -3.81. The summed E-state index contributed by atoms with van der Waals surface area (Å²) >= 11 is 0. The highest BCUT2D eigenvalue weighted by Gasteiger charge is 2.32. The van der Waals surface area contributed by atoms with Gasteiger partial charge in [0.05, 0.1) is 17.1 Å². The van der Waals surface area contributed by atoms with E-state index in [9.17, 15) is 22.0 Å². The third-order valence-electron chi connectivity index (χ3n) is 4.30. The molecule has 1 amide bonds. The molecule has 0 aliphatic carbocycles. The molecule has 3 rings (SSSR count). The highest BCUT2D eigenvalue weighted by molar-refractivity contribution is 7.89. The van der Waals surface area contributed by atoms with Crippen molar-refractivity contribution in [1.29, 1.82) is 0 Å². The van der Waals surface area contributed by atoms with Crippen LogP contribution in [-0.2, 0) is 14.8 Å². The monoisotopic (exact) mass is 410 g/mol. The Labute approximate surface area is 162 Å². The van der Waals surface area contributed by atoms with Gasteiger partial charge in [0, 0.05) is 30.4 Å². The van der Waals surface area contributed by atoms with Crippen molar-refractivity contribution in [2.75, 3.05) is 18.4 Å². The number of benzene rings is 2. The predicted molar refractivity (Wildman–Crippen MR) is 99.5 cm³/mol. The average molecular weight is 410 g/mol. The lowest BCUT2D eigenvalue weighted by Crippen LogP contribution is -2.48. The van der Waals surface area contributed by atoms with Gasteiger partial charge in [-0.1, -0.05) is 6.07 Å². The number of morpholine rings is 1. The number of sulfonamides is 1. The Kier molecular flexibility index (Phi) is 5.78. The summed E-state index contributed by atoms with van der Waals surface area (Å²) in [6.45, 7) is 4.03. The molecule has 1 heterocycles. The van der Waals surface area contributed by atoms with E-state index >= 15 is 0 Å². The molecule has 150 valence electrons. The molecule has 2 atom stereocenters. The molecular weight excluding hydrogens is 390 g/mol. The highest BCUT2D eigenvalue weighted by atomic mass is 32.2. The minimum absolute atomic E-state index is 0.0215. The van der Waals surface area contributed by atoms with Crippen LogP contribution in [0.15, 0.2) is 47.4 Å². The second-order valence-corrected chi connectivity index (χ2v) is 8.63. The summed E-state index contributed by atoms with van der Waals surface area (Å²) in [4.78, 5) is 12.4. The van der Waals surface area contributed by atoms with Gasteiger partial charge in [-0.25, -0.2) is 17.2 Å². The van der Waals surface area contributed by atoms with E-state index < -0.39 is 27.6 Å². The first kappa shape index (κ1) is 20.4. The van der Waals surface area contributed by atoms with Gasteiger partial charge in [0.25, 0.3) is 5.91 Å². The second-order valence-electron chi connectivity index (χ2n) is 6.69. The minimum Gasteiger partial charge on any atom is -0.373 e. The third-order valence-corrected chi connectivity index (χ3v) is 6.13. The maximum atomic E-state index is 13.3. The van der Waals surface area contributed by atoms with Crippen molar-refractivity contribution >= 4 is 21.6 Å². The number of amides is 1. The van der Waals surface area contributed by atoms with E-state index in [2.05, 4.69) is 5.32 Å². The van der Waals surface area contributed by atoms with Crippen molar-refractivity contribution < 1.29 is 26.7 Å². The normalized spacial score (nSPS) is 20.7. The first-order valence-corrected chi connectivity index (χ1v) is 10.1. The third kappa shape index (κ3) is 4.37. The van der Waals surface area contributed by atoms with E-state index in [-0.39, 0.29) is 41.4 Å². The fourth-order valence-corrected chi connectivity index (χ4v) is 4.69. The molecule has 9 heteroatoms. The summed E-state index contributed by atoms with van der Waals surface area (Å²) < 4.78 is 59.1. The summed E-state index contributed by atoms with van der Waals surface area (Å²) in [5, 5.41) is 2.42. The lowest BCUT2D eigenvalue weighted by Gasteiger charge is -2.34. The number of halogens is 2. The smallest absolute Gasteiger partial charge is 0.255 e. The molecule has 0 aromatic heterocycles. The summed E-state index contributed by atoms with van der Waals surface area (Å²) in [7, 11) is -3.81. The highest BCUT2D eigenvalue weighted by Crippen LogP contribution is 2.22. The fraction of sp³-hybridized carbons (Fsp3) is 0.316. The Morgan fingerprint density at radius 1 is 1.07 bits per heavy atom. The second kappa shape index (κ2) is 7.94. The number of carbonyl (C=O) groups is 1. The molecule has 6 nitrogen and oxygen atoms in total. The average Bonchev–Trinajstić information content (AvgIpc) is 2.64. The van der Waals surface area contributed by atoms with E-state index in [1.807, 2.05) is 0 Å². The molecule has 28 heavy (non-hydrogen) atoms. The van der Waals surface area contributed by atoms with Gasteiger partial charge in [-0.05, 0) is 44.2 Å². The van der Waals surface area contributed by atoms with E-state index in [4.69, 9.17) is 4.74 Å². The van der Waals surface area contributed by atoms with Gasteiger partial charge in [0.1, 0.15) is 0 Å². The van der Waals surface area contributed by atoms with Gasteiger partial charge in [0.2, 0.25) is 10.0 Å². The first-order chi connectivity index (χ1) is 13.2. The fourth-order valence-electron chi connectivity index (χ4n) is 3.05. The van der Waals surface area contributed by atoms with Crippen LogP contribution in [0.1, 0.15) is 24.2 Å². The zero-order chi connectivity index (χ0) is 20.5. The molecule has 0 unspecified atom stereocenters. The Hall–Kier alpha value is -2.36. The zero-order valence-corrected chi connectivity index (χ0v) is 16.2. The maximum Gasteiger partial charge on any atom is 0.255 e. The molecular formula is C19H20F2N2O4S. The molecule has 2 aromatic carbocycles. The van der Waals surface area contributed by atoms with Gasteiger partial charge in [-0.3, -0.25) is 4.79 Å². The van der Waals surface area contributed by atoms with E-state index in [1.165, 1.54) is 34.6 Å². The zero-order valence-electron chi connectivity index (χ0n) is 15.4. The number of nitrogens with zero attached hydrogens (tertiary/aromatic N) is 1. The number of anilines is 1. The maximum absolute atomic E-state index is 13.3. The Morgan fingerprint density at radius 2 is 1.75 bits per heavy atom. The summed E-state index contributed by atoms with van der Waals surface area (Å²) in [6, 6.07) is 8.54. The van der Waals surface area contributed by atoms with Crippen molar-refractivity contribution in [1.82, 2.24) is 4.31 Å². The van der Waals surface area contributed by atoms with Gasteiger partial charge < -0.3 is 10.1 Å². The van der Waals surface area contributed by atoms with Crippen LogP contribution in [0.25, 0.3) is 0 Å². The lowest BCUT2D eigenvalue weighted by atomic mass is 10.2. The molecule has 1 fully saturated rings. The van der Waals surface area contributed by atoms with Gasteiger partial charge in [0.15, 0.2) is 11.6 Å². The number of hydrogen-bond donors (Lipinski definition) is 1. The quantitative estimate of drug-likeness (QED) is 0.841. The van der Waals surface area contributed by atoms with Crippen LogP contribution >= 0.6 is 0 Å². The van der Waals surface area contributed by atoms with E-state index in [0.717, 1.165) is 12.1 Å². The molecule has 0 bridgehead atoms. The Balaban J connectivity index is 1.83. The molecule has 2 aromatic rings. The first-order valence-electron chi connectivity index (χ1n) is 8.69. The number of carbonyl (C=O) groups excluding carboxylic acids is 1. The number of rotatable bonds is 4. The number of hydrogen-bond acceptors (Lipinski definition) is 4. The van der Waals surface area contributed by atoms with Crippen molar-refractivity contribution in [2.24, 2.45) is 0 Å². The Bertz CT molecular complexity index is 987.